The summed E-state index contributed by atoms with van der Waals surface area (Å²) < 4.78 is 16.6. The molecule has 0 bridgehead atoms. The summed E-state index contributed by atoms with van der Waals surface area (Å²) >= 11 is 0. The van der Waals surface area contributed by atoms with Crippen LogP contribution in [0.15, 0.2) is 65.1 Å². The molecule has 6 nitrogen and oxygen atoms in total. The molecule has 6 heteroatoms. The molecule has 0 saturated carbocycles. The summed E-state index contributed by atoms with van der Waals surface area (Å²) in [5.41, 5.74) is 2.84. The minimum atomic E-state index is -0.647. The Labute approximate surface area is 180 Å². The van der Waals surface area contributed by atoms with Crippen molar-refractivity contribution in [2.45, 2.75) is 32.8 Å². The number of rotatable bonds is 6. The number of carbonyl (C=O) groups excluding carboxylic acids is 1. The van der Waals surface area contributed by atoms with Crippen molar-refractivity contribution >= 4 is 16.7 Å². The van der Waals surface area contributed by atoms with Crippen LogP contribution in [0.4, 0.5) is 0 Å². The average molecular weight is 416 g/mol. The molecule has 31 heavy (non-hydrogen) atoms. The molecule has 0 aliphatic heterocycles. The molecule has 0 aliphatic carbocycles. The molecule has 0 saturated heterocycles. The van der Waals surface area contributed by atoms with E-state index in [2.05, 4.69) is 10.2 Å². The molecule has 0 spiro atoms. The Morgan fingerprint density at radius 3 is 2.39 bits per heavy atom. The number of nitrogens with zero attached hydrogens (tertiary/aromatic N) is 2. The molecule has 1 heterocycles. The molecule has 0 unspecified atom stereocenters. The van der Waals surface area contributed by atoms with Gasteiger partial charge in [-0.3, -0.25) is 4.79 Å². The molecule has 1 aromatic heterocycles. The van der Waals surface area contributed by atoms with Gasteiger partial charge >= 0.3 is 5.97 Å². The Morgan fingerprint density at radius 1 is 0.935 bits per heavy atom. The lowest BCUT2D eigenvalue weighted by Crippen LogP contribution is -2.15. The van der Waals surface area contributed by atoms with Gasteiger partial charge in [0.05, 0.1) is 13.0 Å². The topological polar surface area (TPSA) is 74.5 Å². The van der Waals surface area contributed by atoms with E-state index in [1.807, 2.05) is 74.5 Å². The Morgan fingerprint density at radius 2 is 1.65 bits per heavy atom. The number of carbonyl (C=O) groups is 1. The highest BCUT2D eigenvalue weighted by Crippen LogP contribution is 2.28. The van der Waals surface area contributed by atoms with E-state index in [1.165, 1.54) is 0 Å². The van der Waals surface area contributed by atoms with Crippen molar-refractivity contribution in [1.82, 2.24) is 10.2 Å². The number of aromatic nitrogens is 2. The fourth-order valence-electron chi connectivity index (χ4n) is 3.31. The van der Waals surface area contributed by atoms with Crippen LogP contribution in [0.3, 0.4) is 0 Å². The lowest BCUT2D eigenvalue weighted by Gasteiger charge is -2.15. The highest BCUT2D eigenvalue weighted by Gasteiger charge is 2.23. The van der Waals surface area contributed by atoms with Crippen molar-refractivity contribution in [2.24, 2.45) is 0 Å². The second kappa shape index (κ2) is 8.60. The molecule has 0 radical (unpaired) electrons. The van der Waals surface area contributed by atoms with Gasteiger partial charge in [-0.25, -0.2) is 0 Å². The maximum Gasteiger partial charge on any atom is 0.313 e. The predicted molar refractivity (Wildman–Crippen MR) is 118 cm³/mol. The van der Waals surface area contributed by atoms with Crippen LogP contribution in [-0.4, -0.2) is 23.3 Å². The van der Waals surface area contributed by atoms with E-state index in [0.717, 1.165) is 33.2 Å². The summed E-state index contributed by atoms with van der Waals surface area (Å²) in [5, 5.41) is 10.2. The molecular weight excluding hydrogens is 392 g/mol. The first kappa shape index (κ1) is 20.6. The number of ether oxygens (including phenoxy) is 2. The Kier molecular flexibility index (Phi) is 5.71. The van der Waals surface area contributed by atoms with Crippen molar-refractivity contribution in [3.63, 3.8) is 0 Å². The monoisotopic (exact) mass is 416 g/mol. The van der Waals surface area contributed by atoms with Crippen LogP contribution in [0.1, 0.15) is 42.9 Å². The number of hydrogen-bond donors (Lipinski definition) is 0. The molecular formula is C25H24N2O4. The van der Waals surface area contributed by atoms with Crippen molar-refractivity contribution in [1.29, 1.82) is 0 Å². The maximum absolute atomic E-state index is 12.7. The van der Waals surface area contributed by atoms with E-state index < -0.39 is 12.0 Å². The fourth-order valence-corrected chi connectivity index (χ4v) is 3.31. The van der Waals surface area contributed by atoms with Crippen molar-refractivity contribution in [3.05, 3.63) is 77.7 Å². The molecule has 0 amide bonds. The van der Waals surface area contributed by atoms with Crippen LogP contribution < -0.4 is 4.74 Å². The van der Waals surface area contributed by atoms with Crippen LogP contribution in [-0.2, 0) is 9.53 Å². The highest BCUT2D eigenvalue weighted by atomic mass is 16.6. The minimum Gasteiger partial charge on any atom is -0.497 e. The van der Waals surface area contributed by atoms with Gasteiger partial charge in [-0.1, -0.05) is 42.0 Å². The highest BCUT2D eigenvalue weighted by molar-refractivity contribution is 5.86. The molecule has 2 atom stereocenters. The quantitative estimate of drug-likeness (QED) is 0.380. The third kappa shape index (κ3) is 4.43. The molecule has 4 rings (SSSR count). The van der Waals surface area contributed by atoms with E-state index in [1.54, 1.807) is 14.0 Å². The third-order valence-electron chi connectivity index (χ3n) is 5.30. The van der Waals surface area contributed by atoms with Crippen molar-refractivity contribution in [3.8, 4) is 17.2 Å². The number of fused-ring (bicyclic) bond motifs is 1. The maximum atomic E-state index is 12.7. The molecule has 0 fully saturated rings. The van der Waals surface area contributed by atoms with E-state index in [9.17, 15) is 4.79 Å². The predicted octanol–water partition coefficient (Wildman–Crippen LogP) is 5.61. The van der Waals surface area contributed by atoms with Gasteiger partial charge in [0, 0.05) is 5.56 Å². The van der Waals surface area contributed by atoms with Gasteiger partial charge in [0.15, 0.2) is 6.10 Å². The fraction of sp³-hybridized carbons (Fsp3) is 0.240. The smallest absolute Gasteiger partial charge is 0.313 e. The number of benzene rings is 3. The normalized spacial score (nSPS) is 13.0. The number of methoxy groups -OCH3 is 1. The third-order valence-corrected chi connectivity index (χ3v) is 5.30. The number of aryl methyl sites for hydroxylation is 1. The average Bonchev–Trinajstić information content (AvgIpc) is 3.28. The first-order valence-corrected chi connectivity index (χ1v) is 10.1. The summed E-state index contributed by atoms with van der Waals surface area (Å²) in [6.45, 7) is 5.56. The standard InChI is InChI=1S/C25H24N2O4/c1-15-5-7-18(8-6-15)24-27-26-23(31-24)17(3)30-25(28)16(2)19-9-10-21-14-22(29-4)12-11-20(21)13-19/h5-14,16-17H,1-4H3/t16-,17+/m0/s1. The molecule has 0 aliphatic rings. The van der Waals surface area contributed by atoms with Crippen molar-refractivity contribution < 1.29 is 18.7 Å². The number of hydrogen-bond acceptors (Lipinski definition) is 6. The van der Waals surface area contributed by atoms with E-state index >= 15 is 0 Å². The van der Waals surface area contributed by atoms with Gasteiger partial charge in [-0.15, -0.1) is 10.2 Å². The minimum absolute atomic E-state index is 0.265. The lowest BCUT2D eigenvalue weighted by molar-refractivity contribution is -0.151. The lowest BCUT2D eigenvalue weighted by atomic mass is 9.98. The molecule has 4 aromatic rings. The molecule has 0 N–H and O–H groups in total. The second-order valence-electron chi connectivity index (χ2n) is 7.58. The summed E-state index contributed by atoms with van der Waals surface area (Å²) in [5.74, 6) is 0.674. The van der Waals surface area contributed by atoms with Crippen molar-refractivity contribution in [2.75, 3.05) is 7.11 Å². The zero-order valence-electron chi connectivity index (χ0n) is 18.0. The van der Waals surface area contributed by atoms with Crippen LogP contribution in [0.5, 0.6) is 5.75 Å². The van der Waals surface area contributed by atoms with E-state index in [0.29, 0.717) is 5.89 Å². The SMILES string of the molecule is COc1ccc2cc([C@H](C)C(=O)O[C@H](C)c3nnc(-c4ccc(C)cc4)o3)ccc2c1. The van der Waals surface area contributed by atoms with E-state index in [4.69, 9.17) is 13.9 Å². The Hall–Kier alpha value is -3.67. The van der Waals surface area contributed by atoms with Gasteiger partial charge in [0.1, 0.15) is 5.75 Å². The van der Waals surface area contributed by atoms with Crippen LogP contribution in [0.25, 0.3) is 22.2 Å². The summed E-state index contributed by atoms with van der Waals surface area (Å²) in [6.07, 6.45) is -0.647. The first-order chi connectivity index (χ1) is 14.9. The zero-order valence-corrected chi connectivity index (χ0v) is 18.0. The van der Waals surface area contributed by atoms with Gasteiger partial charge in [-0.05, 0) is 61.4 Å². The largest absolute Gasteiger partial charge is 0.497 e. The van der Waals surface area contributed by atoms with Gasteiger partial charge in [-0.2, -0.15) is 0 Å². The van der Waals surface area contributed by atoms with Crippen LogP contribution in [0, 0.1) is 6.92 Å². The summed E-state index contributed by atoms with van der Waals surface area (Å²) in [6, 6.07) is 19.5. The zero-order chi connectivity index (χ0) is 22.0. The van der Waals surface area contributed by atoms with Gasteiger partial charge in [0.2, 0.25) is 5.89 Å². The number of esters is 1. The van der Waals surface area contributed by atoms with Gasteiger partial charge in [0.25, 0.3) is 5.89 Å². The first-order valence-electron chi connectivity index (χ1n) is 10.1. The molecule has 158 valence electrons. The Bertz CT molecular complexity index is 1210. The summed E-state index contributed by atoms with van der Waals surface area (Å²) in [4.78, 5) is 12.7. The summed E-state index contributed by atoms with van der Waals surface area (Å²) in [7, 11) is 1.64. The van der Waals surface area contributed by atoms with Gasteiger partial charge < -0.3 is 13.9 Å². The molecule has 3 aromatic carbocycles. The van der Waals surface area contributed by atoms with Crippen LogP contribution >= 0.6 is 0 Å². The second-order valence-corrected chi connectivity index (χ2v) is 7.58. The Balaban J connectivity index is 1.46. The van der Waals surface area contributed by atoms with Crippen LogP contribution in [0.2, 0.25) is 0 Å². The van der Waals surface area contributed by atoms with E-state index in [-0.39, 0.29) is 11.9 Å².